The van der Waals surface area contributed by atoms with Crippen LogP contribution >= 0.6 is 0 Å². The Morgan fingerprint density at radius 2 is 1.75 bits per heavy atom. The summed E-state index contributed by atoms with van der Waals surface area (Å²) < 4.78 is 35.9. The van der Waals surface area contributed by atoms with Gasteiger partial charge in [-0.15, -0.1) is 0 Å². The molecule has 0 heterocycles. The van der Waals surface area contributed by atoms with E-state index in [1.54, 1.807) is 0 Å². The fourth-order valence-corrected chi connectivity index (χ4v) is 1.42. The van der Waals surface area contributed by atoms with Crippen molar-refractivity contribution in [3.05, 3.63) is 35.4 Å². The van der Waals surface area contributed by atoms with Crippen molar-refractivity contribution < 1.29 is 18.3 Å². The highest BCUT2D eigenvalue weighted by atomic mass is 19.4. The number of rotatable bonds is 4. The van der Waals surface area contributed by atoms with Crippen LogP contribution in [0.25, 0.3) is 0 Å². The maximum absolute atomic E-state index is 12.0. The van der Waals surface area contributed by atoms with Crippen LogP contribution in [0.15, 0.2) is 24.3 Å². The Labute approximate surface area is 92.9 Å². The zero-order valence-electron chi connectivity index (χ0n) is 9.09. The van der Waals surface area contributed by atoms with Crippen LogP contribution in [0.5, 0.6) is 0 Å². The molecule has 0 amide bonds. The lowest BCUT2D eigenvalue weighted by Crippen LogP contribution is -2.28. The molecule has 4 heteroatoms. The van der Waals surface area contributed by atoms with Gasteiger partial charge in [-0.1, -0.05) is 29.8 Å². The van der Waals surface area contributed by atoms with Crippen molar-refractivity contribution in [3.63, 3.8) is 0 Å². The largest absolute Gasteiger partial charge is 0.414 e. The lowest BCUT2D eigenvalue weighted by atomic mass is 10.0. The molecule has 0 bridgehead atoms. The van der Waals surface area contributed by atoms with E-state index in [1.165, 1.54) is 0 Å². The van der Waals surface area contributed by atoms with Crippen LogP contribution in [0, 0.1) is 6.92 Å². The van der Waals surface area contributed by atoms with E-state index in [4.69, 9.17) is 5.11 Å². The first kappa shape index (κ1) is 13.0. The van der Waals surface area contributed by atoms with E-state index in [9.17, 15) is 13.2 Å². The molecule has 0 aliphatic carbocycles. The highest BCUT2D eigenvalue weighted by Gasteiger charge is 2.37. The van der Waals surface area contributed by atoms with Crippen molar-refractivity contribution >= 4 is 0 Å². The first-order chi connectivity index (χ1) is 7.39. The first-order valence-corrected chi connectivity index (χ1v) is 5.20. The molecule has 1 aromatic carbocycles. The second-order valence-corrected chi connectivity index (χ2v) is 3.94. The van der Waals surface area contributed by atoms with Crippen molar-refractivity contribution in [3.8, 4) is 0 Å². The maximum atomic E-state index is 12.0. The minimum absolute atomic E-state index is 0.239. The van der Waals surface area contributed by atoms with Crippen LogP contribution in [-0.4, -0.2) is 17.4 Å². The van der Waals surface area contributed by atoms with E-state index in [2.05, 4.69) is 0 Å². The molecular weight excluding hydrogens is 217 g/mol. The van der Waals surface area contributed by atoms with E-state index >= 15 is 0 Å². The zero-order valence-corrected chi connectivity index (χ0v) is 9.09. The lowest BCUT2D eigenvalue weighted by Gasteiger charge is -2.13. The van der Waals surface area contributed by atoms with Gasteiger partial charge in [0, 0.05) is 0 Å². The molecule has 1 rings (SSSR count). The van der Waals surface area contributed by atoms with Gasteiger partial charge >= 0.3 is 6.18 Å². The Kier molecular flexibility index (Phi) is 4.35. The molecule has 0 fully saturated rings. The molecule has 16 heavy (non-hydrogen) atoms. The number of halogens is 3. The summed E-state index contributed by atoms with van der Waals surface area (Å²) in [5, 5.41) is 8.78. The molecule has 0 spiro atoms. The van der Waals surface area contributed by atoms with E-state index < -0.39 is 12.3 Å². The molecule has 0 aliphatic heterocycles. The number of alkyl halides is 3. The highest BCUT2D eigenvalue weighted by Crippen LogP contribution is 2.23. The summed E-state index contributed by atoms with van der Waals surface area (Å²) in [6.07, 6.45) is -6.03. The third-order valence-corrected chi connectivity index (χ3v) is 2.44. The smallest absolute Gasteiger partial charge is 0.384 e. The molecule has 0 aromatic heterocycles. The SMILES string of the molecule is Cc1ccc(CCCC(O)C(F)(F)F)cc1. The average molecular weight is 232 g/mol. The normalized spacial score (nSPS) is 13.8. The summed E-state index contributed by atoms with van der Waals surface area (Å²) in [6.45, 7) is 1.96. The third-order valence-electron chi connectivity index (χ3n) is 2.44. The van der Waals surface area contributed by atoms with Gasteiger partial charge in [0.1, 0.15) is 6.10 Å². The van der Waals surface area contributed by atoms with Gasteiger partial charge in [-0.2, -0.15) is 13.2 Å². The molecule has 0 saturated heterocycles. The Bertz CT molecular complexity index is 316. The van der Waals surface area contributed by atoms with Crippen LogP contribution in [-0.2, 0) is 6.42 Å². The summed E-state index contributed by atoms with van der Waals surface area (Å²) in [5.41, 5.74) is 2.12. The van der Waals surface area contributed by atoms with Crippen molar-refractivity contribution in [2.24, 2.45) is 0 Å². The van der Waals surface area contributed by atoms with Gasteiger partial charge in [-0.3, -0.25) is 0 Å². The van der Waals surface area contributed by atoms with Gasteiger partial charge < -0.3 is 5.11 Å². The molecule has 1 aromatic rings. The minimum Gasteiger partial charge on any atom is -0.384 e. The highest BCUT2D eigenvalue weighted by molar-refractivity contribution is 5.21. The van der Waals surface area contributed by atoms with Crippen LogP contribution in [0.3, 0.4) is 0 Å². The quantitative estimate of drug-likeness (QED) is 0.844. The Hall–Kier alpha value is -1.03. The fourth-order valence-electron chi connectivity index (χ4n) is 1.42. The number of aliphatic hydroxyl groups excluding tert-OH is 1. The average Bonchev–Trinajstić information content (AvgIpc) is 2.19. The molecule has 1 atom stereocenters. The standard InChI is InChI=1S/C12H15F3O/c1-9-5-7-10(8-6-9)3-2-4-11(16)12(13,14)15/h5-8,11,16H,2-4H2,1H3. The monoisotopic (exact) mass is 232 g/mol. The number of aliphatic hydroxyl groups is 1. The summed E-state index contributed by atoms with van der Waals surface area (Å²) in [5.74, 6) is 0. The predicted octanol–water partition coefficient (Wildman–Crippen LogP) is 3.24. The molecule has 90 valence electrons. The molecule has 0 aliphatic rings. The minimum atomic E-state index is -4.49. The first-order valence-electron chi connectivity index (χ1n) is 5.20. The number of benzene rings is 1. The van der Waals surface area contributed by atoms with Crippen LogP contribution in [0.2, 0.25) is 0 Å². The maximum Gasteiger partial charge on any atom is 0.414 e. The van der Waals surface area contributed by atoms with Crippen LogP contribution < -0.4 is 0 Å². The van der Waals surface area contributed by atoms with Crippen molar-refractivity contribution in [1.29, 1.82) is 0 Å². The summed E-state index contributed by atoms with van der Waals surface area (Å²) >= 11 is 0. The predicted molar refractivity (Wildman–Crippen MR) is 56.2 cm³/mol. The molecule has 1 nitrogen and oxygen atoms in total. The zero-order chi connectivity index (χ0) is 12.2. The number of aryl methyl sites for hydroxylation is 2. The van der Waals surface area contributed by atoms with E-state index in [-0.39, 0.29) is 6.42 Å². The summed E-state index contributed by atoms with van der Waals surface area (Å²) in [6, 6.07) is 7.65. The third kappa shape index (κ3) is 4.23. The van der Waals surface area contributed by atoms with E-state index in [1.807, 2.05) is 31.2 Å². The number of hydrogen-bond acceptors (Lipinski definition) is 1. The second kappa shape index (κ2) is 5.34. The molecule has 0 saturated carbocycles. The van der Waals surface area contributed by atoms with Crippen molar-refractivity contribution in [2.45, 2.75) is 38.5 Å². The van der Waals surface area contributed by atoms with Gasteiger partial charge in [0.2, 0.25) is 0 Å². The topological polar surface area (TPSA) is 20.2 Å². The van der Waals surface area contributed by atoms with Crippen LogP contribution in [0.4, 0.5) is 13.2 Å². The Morgan fingerprint density at radius 1 is 1.19 bits per heavy atom. The second-order valence-electron chi connectivity index (χ2n) is 3.94. The van der Waals surface area contributed by atoms with E-state index in [0.29, 0.717) is 12.8 Å². The van der Waals surface area contributed by atoms with Gasteiger partial charge in [-0.05, 0) is 31.7 Å². The number of hydrogen-bond donors (Lipinski definition) is 1. The Balaban J connectivity index is 2.33. The molecule has 0 radical (unpaired) electrons. The summed E-state index contributed by atoms with van der Waals surface area (Å²) in [4.78, 5) is 0. The summed E-state index contributed by atoms with van der Waals surface area (Å²) in [7, 11) is 0. The van der Waals surface area contributed by atoms with Crippen LogP contribution in [0.1, 0.15) is 24.0 Å². The van der Waals surface area contributed by atoms with Gasteiger partial charge in [0.25, 0.3) is 0 Å². The molecule has 1 unspecified atom stereocenters. The van der Waals surface area contributed by atoms with Gasteiger partial charge in [0.05, 0.1) is 0 Å². The van der Waals surface area contributed by atoms with Crippen molar-refractivity contribution in [1.82, 2.24) is 0 Å². The Morgan fingerprint density at radius 3 is 2.25 bits per heavy atom. The van der Waals surface area contributed by atoms with Gasteiger partial charge in [-0.25, -0.2) is 0 Å². The lowest BCUT2D eigenvalue weighted by molar-refractivity contribution is -0.205. The molecular formula is C12H15F3O. The van der Waals surface area contributed by atoms with Crippen molar-refractivity contribution in [2.75, 3.05) is 0 Å². The fraction of sp³-hybridized carbons (Fsp3) is 0.500. The van der Waals surface area contributed by atoms with Gasteiger partial charge in [0.15, 0.2) is 0 Å². The molecule has 1 N–H and O–H groups in total. The van der Waals surface area contributed by atoms with E-state index in [0.717, 1.165) is 11.1 Å².